The van der Waals surface area contributed by atoms with Crippen molar-refractivity contribution in [2.45, 2.75) is 85.4 Å². The van der Waals surface area contributed by atoms with Gasteiger partial charge in [-0.05, 0) is 0 Å². The third-order valence-electron chi connectivity index (χ3n) is 6.43. The zero-order chi connectivity index (χ0) is 23.8. The summed E-state index contributed by atoms with van der Waals surface area (Å²) in [5.41, 5.74) is 7.13. The Morgan fingerprint density at radius 3 is 2.79 bits per heavy atom. The van der Waals surface area contributed by atoms with E-state index < -0.39 is 5.60 Å². The van der Waals surface area contributed by atoms with Gasteiger partial charge in [0.2, 0.25) is 0 Å². The fourth-order valence-electron chi connectivity index (χ4n) is 4.89. The molecule has 1 aliphatic carbocycles. The summed E-state index contributed by atoms with van der Waals surface area (Å²) in [5, 5.41) is 10.4. The predicted molar refractivity (Wildman–Crippen MR) is 138 cm³/mol. The molecule has 177 valence electrons. The van der Waals surface area contributed by atoms with Crippen molar-refractivity contribution < 1.29 is 9.53 Å². The number of anilines is 1. The molecule has 1 radical (unpaired) electrons. The summed E-state index contributed by atoms with van der Waals surface area (Å²) in [4.78, 5) is 17.8. The quantitative estimate of drug-likeness (QED) is 0.481. The van der Waals surface area contributed by atoms with Gasteiger partial charge in [-0.15, -0.1) is 0 Å². The van der Waals surface area contributed by atoms with Gasteiger partial charge in [-0.1, -0.05) is 0 Å². The predicted octanol–water partition coefficient (Wildman–Crippen LogP) is 4.19. The topological polar surface area (TPSA) is 78.2 Å². The maximum atomic E-state index is 13.0. The summed E-state index contributed by atoms with van der Waals surface area (Å²) in [5.74, 6) is 0.636. The van der Waals surface area contributed by atoms with Crippen molar-refractivity contribution >= 4 is 35.5 Å². The third-order valence-corrected chi connectivity index (χ3v) is 7.60. The minimum atomic E-state index is -0.404. The van der Waals surface area contributed by atoms with E-state index in [0.29, 0.717) is 18.1 Å². The first kappa shape index (κ1) is 24.1. The molecular weight excluding hydrogens is 431 g/mol. The van der Waals surface area contributed by atoms with Crippen LogP contribution in [0.4, 0.5) is 9.80 Å². The fourth-order valence-corrected chi connectivity index (χ4v) is 6.30. The van der Waals surface area contributed by atoms with Crippen LogP contribution < -0.4 is 16.0 Å². The van der Waals surface area contributed by atoms with E-state index in [1.165, 1.54) is 33.0 Å². The van der Waals surface area contributed by atoms with Crippen LogP contribution >= 0.6 is 11.3 Å². The van der Waals surface area contributed by atoms with E-state index >= 15 is 0 Å². The normalized spacial score (nSPS) is 17.8. The molecule has 1 atom stereocenters. The van der Waals surface area contributed by atoms with Gasteiger partial charge in [0.15, 0.2) is 0 Å². The molecule has 2 aromatic rings. The SMILES string of the molecule is [B]=C(OC(C)(C)C)c1c(NC(=O)NCc2c(CC)[nH]c3c2CCNC3)sc2c1CCC(C)C2. The molecular formula is C25H36BN4O2S. The van der Waals surface area contributed by atoms with Crippen molar-refractivity contribution in [1.82, 2.24) is 15.6 Å². The van der Waals surface area contributed by atoms with E-state index in [4.69, 9.17) is 12.2 Å². The first-order chi connectivity index (χ1) is 15.7. The van der Waals surface area contributed by atoms with Crippen LogP contribution in [-0.4, -0.2) is 36.3 Å². The monoisotopic (exact) mass is 467 g/mol. The Balaban J connectivity index is 1.52. The molecule has 0 spiro atoms. The van der Waals surface area contributed by atoms with Crippen molar-refractivity contribution in [1.29, 1.82) is 0 Å². The average molecular weight is 467 g/mol. The second-order valence-corrected chi connectivity index (χ2v) is 11.4. The Morgan fingerprint density at radius 1 is 1.27 bits per heavy atom. The Morgan fingerprint density at radius 2 is 2.06 bits per heavy atom. The van der Waals surface area contributed by atoms with Crippen LogP contribution in [0, 0.1) is 5.92 Å². The van der Waals surface area contributed by atoms with Gasteiger partial charge in [-0.3, -0.25) is 0 Å². The molecule has 6 nitrogen and oxygen atoms in total. The molecule has 1 aliphatic heterocycles. The molecule has 2 aromatic heterocycles. The number of carbonyl (C=O) groups is 1. The van der Waals surface area contributed by atoms with Gasteiger partial charge >= 0.3 is 202 Å². The molecule has 0 saturated heterocycles. The van der Waals surface area contributed by atoms with E-state index in [1.54, 1.807) is 11.3 Å². The van der Waals surface area contributed by atoms with E-state index in [1.807, 2.05) is 20.8 Å². The molecule has 2 aliphatic rings. The van der Waals surface area contributed by atoms with Crippen molar-refractivity contribution in [3.63, 3.8) is 0 Å². The van der Waals surface area contributed by atoms with Gasteiger partial charge in [0.1, 0.15) is 0 Å². The molecule has 4 N–H and O–H groups in total. The molecule has 33 heavy (non-hydrogen) atoms. The van der Waals surface area contributed by atoms with Crippen LogP contribution in [0.15, 0.2) is 0 Å². The van der Waals surface area contributed by atoms with Gasteiger partial charge in [0, 0.05) is 0 Å². The number of hydrogen-bond acceptors (Lipinski definition) is 4. The minimum absolute atomic E-state index is 0.211. The second-order valence-electron chi connectivity index (χ2n) is 10.3. The van der Waals surface area contributed by atoms with Crippen LogP contribution in [0.5, 0.6) is 0 Å². The van der Waals surface area contributed by atoms with Crippen molar-refractivity contribution in [2.24, 2.45) is 5.92 Å². The van der Waals surface area contributed by atoms with Crippen LogP contribution in [0.25, 0.3) is 0 Å². The number of hydrogen-bond donors (Lipinski definition) is 4. The van der Waals surface area contributed by atoms with Crippen molar-refractivity contribution in [2.75, 3.05) is 11.9 Å². The van der Waals surface area contributed by atoms with Crippen molar-refractivity contribution in [3.05, 3.63) is 38.5 Å². The summed E-state index contributed by atoms with van der Waals surface area (Å²) in [6.45, 7) is 12.7. The van der Waals surface area contributed by atoms with Crippen LogP contribution in [-0.2, 0) is 43.5 Å². The van der Waals surface area contributed by atoms with Gasteiger partial charge in [0.05, 0.1) is 0 Å². The zero-order valence-corrected chi connectivity index (χ0v) is 21.4. The number of aromatic nitrogens is 1. The molecule has 0 fully saturated rings. The number of carbonyl (C=O) groups excluding carboxylic acids is 1. The first-order valence-electron chi connectivity index (χ1n) is 12.1. The van der Waals surface area contributed by atoms with Crippen LogP contribution in [0.2, 0.25) is 0 Å². The van der Waals surface area contributed by atoms with E-state index in [9.17, 15) is 4.79 Å². The van der Waals surface area contributed by atoms with Gasteiger partial charge < -0.3 is 0 Å². The molecule has 0 aromatic carbocycles. The summed E-state index contributed by atoms with van der Waals surface area (Å²) >= 11 is 1.63. The summed E-state index contributed by atoms with van der Waals surface area (Å²) in [6, 6.07) is -0.211. The van der Waals surface area contributed by atoms with Gasteiger partial charge in [-0.25, -0.2) is 0 Å². The molecule has 1 unspecified atom stereocenters. The molecule has 4 rings (SSSR count). The first-order valence-corrected chi connectivity index (χ1v) is 12.9. The molecule has 0 saturated carbocycles. The Bertz CT molecular complexity index is 1050. The number of fused-ring (bicyclic) bond motifs is 2. The Hall–Kier alpha value is -2.06. The number of amides is 2. The maximum absolute atomic E-state index is 13.0. The number of aromatic amines is 1. The van der Waals surface area contributed by atoms with Crippen LogP contribution in [0.3, 0.4) is 0 Å². The number of urea groups is 1. The summed E-state index contributed by atoms with van der Waals surface area (Å²) in [6.07, 6.45) is 5.01. The number of rotatable bonds is 6. The molecule has 2 amide bonds. The standard InChI is InChI=1S/C25H36BN4O2S/c1-6-18-17(15-9-10-27-13-19(15)29-18)12-28-24(31)30-23-21(22(26)32-25(3,4)5)16-8-7-14(2)11-20(16)33-23/h14,27,29H,6-13H2,1-5H3,(H2,28,30,31). The summed E-state index contributed by atoms with van der Waals surface area (Å²) < 4.78 is 6.03. The molecule has 3 heterocycles. The van der Waals surface area contributed by atoms with E-state index in [-0.39, 0.29) is 6.03 Å². The van der Waals surface area contributed by atoms with E-state index in [0.717, 1.165) is 55.8 Å². The third kappa shape index (κ3) is 5.38. The fraction of sp³-hybridized carbons (Fsp3) is 0.600. The average Bonchev–Trinajstić information content (AvgIpc) is 3.27. The molecule has 0 bridgehead atoms. The number of thiophene rings is 1. The van der Waals surface area contributed by atoms with Gasteiger partial charge in [0.25, 0.3) is 0 Å². The number of ether oxygens (including phenoxy) is 1. The number of nitrogens with one attached hydrogen (secondary N) is 4. The van der Waals surface area contributed by atoms with Crippen molar-refractivity contribution in [3.8, 4) is 0 Å². The Kier molecular flexibility index (Phi) is 7.05. The van der Waals surface area contributed by atoms with Gasteiger partial charge in [-0.2, -0.15) is 0 Å². The molecule has 8 heteroatoms. The zero-order valence-electron chi connectivity index (χ0n) is 20.5. The van der Waals surface area contributed by atoms with E-state index in [2.05, 4.69) is 34.8 Å². The second kappa shape index (κ2) is 9.67. The summed E-state index contributed by atoms with van der Waals surface area (Å²) in [7, 11) is 6.45. The Labute approximate surface area is 202 Å². The van der Waals surface area contributed by atoms with Crippen LogP contribution in [0.1, 0.15) is 79.6 Å². The number of H-pyrrole nitrogens is 1. The number of aryl methyl sites for hydroxylation is 1.